The van der Waals surface area contributed by atoms with Gasteiger partial charge >= 0.3 is 0 Å². The summed E-state index contributed by atoms with van der Waals surface area (Å²) in [7, 11) is -4.47. The van der Waals surface area contributed by atoms with Gasteiger partial charge in [0.15, 0.2) is 4.90 Å². The fourth-order valence-corrected chi connectivity index (χ4v) is 5.16. The van der Waals surface area contributed by atoms with E-state index < -0.39 is 26.4 Å². The van der Waals surface area contributed by atoms with Gasteiger partial charge in [0, 0.05) is 11.8 Å². The Hall–Kier alpha value is -4.44. The van der Waals surface area contributed by atoms with Crippen LogP contribution in [-0.4, -0.2) is 30.9 Å². The average Bonchev–Trinajstić information content (AvgIpc) is 2.89. The van der Waals surface area contributed by atoms with Crippen molar-refractivity contribution in [1.29, 1.82) is 0 Å². The Morgan fingerprint density at radius 2 is 1.73 bits per heavy atom. The summed E-state index contributed by atoms with van der Waals surface area (Å²) in [5.41, 5.74) is 2.93. The second-order valence-electron chi connectivity index (χ2n) is 9.91. The van der Waals surface area contributed by atoms with Crippen LogP contribution in [0.4, 0.5) is 0 Å². The summed E-state index contributed by atoms with van der Waals surface area (Å²) >= 11 is 0. The molecule has 10 heteroatoms. The van der Waals surface area contributed by atoms with Gasteiger partial charge < -0.3 is 14.5 Å². The van der Waals surface area contributed by atoms with Gasteiger partial charge in [0.05, 0.1) is 12.3 Å². The molecule has 0 atom stereocenters. The van der Waals surface area contributed by atoms with Crippen LogP contribution in [0.3, 0.4) is 0 Å². The number of hydrogen-bond donors (Lipinski definition) is 2. The van der Waals surface area contributed by atoms with Crippen LogP contribution in [0.15, 0.2) is 76.6 Å². The number of nitrogens with one attached hydrogen (secondary N) is 2. The predicted octanol–water partition coefficient (Wildman–Crippen LogP) is 5.31. The number of aromatic nitrogens is 2. The molecule has 2 aromatic carbocycles. The molecule has 0 aliphatic rings. The first kappa shape index (κ1) is 28.6. The van der Waals surface area contributed by atoms with Crippen molar-refractivity contribution >= 4 is 15.9 Å². The maximum Gasteiger partial charge on any atom is 0.270 e. The van der Waals surface area contributed by atoms with E-state index in [1.165, 1.54) is 18.3 Å². The largest absolute Gasteiger partial charge is 0.493 e. The first-order valence-electron chi connectivity index (χ1n) is 12.7. The number of benzene rings is 2. The molecule has 40 heavy (non-hydrogen) atoms. The zero-order valence-corrected chi connectivity index (χ0v) is 23.8. The van der Waals surface area contributed by atoms with Crippen LogP contribution < -0.4 is 19.8 Å². The third kappa shape index (κ3) is 6.58. The number of aryl methyl sites for hydroxylation is 3. The summed E-state index contributed by atoms with van der Waals surface area (Å²) in [6.45, 7) is 10.4. The highest BCUT2D eigenvalue weighted by molar-refractivity contribution is 7.90. The third-order valence-electron chi connectivity index (χ3n) is 5.92. The lowest BCUT2D eigenvalue weighted by molar-refractivity contribution is 0.0978. The summed E-state index contributed by atoms with van der Waals surface area (Å²) in [5, 5.41) is 0. The topological polar surface area (TPSA) is 127 Å². The number of rotatable bonds is 9. The molecule has 0 bridgehead atoms. The quantitative estimate of drug-likeness (QED) is 0.284. The van der Waals surface area contributed by atoms with Crippen LogP contribution in [0, 0.1) is 26.7 Å². The Labute approximate surface area is 233 Å². The van der Waals surface area contributed by atoms with Gasteiger partial charge in [-0.1, -0.05) is 43.7 Å². The van der Waals surface area contributed by atoms with Gasteiger partial charge in [0.1, 0.15) is 17.1 Å². The number of sulfonamides is 1. The van der Waals surface area contributed by atoms with Gasteiger partial charge in [0.2, 0.25) is 5.88 Å². The molecule has 0 spiro atoms. The van der Waals surface area contributed by atoms with E-state index in [9.17, 15) is 18.0 Å². The molecule has 9 nitrogen and oxygen atoms in total. The highest BCUT2D eigenvalue weighted by atomic mass is 32.2. The average molecular weight is 562 g/mol. The van der Waals surface area contributed by atoms with Gasteiger partial charge in [0.25, 0.3) is 21.5 Å². The lowest BCUT2D eigenvalue weighted by Crippen LogP contribution is -2.34. The molecule has 2 aromatic heterocycles. The predicted molar refractivity (Wildman–Crippen MR) is 152 cm³/mol. The fraction of sp³-hybridized carbons (Fsp3) is 0.233. The van der Waals surface area contributed by atoms with E-state index in [1.54, 1.807) is 6.07 Å². The SMILES string of the molecule is Cc1cc(C)c(Oc2nc(-c3cccc(OCC(C)C)c3)ccc2C(=O)NS(=O)(=O)c2ccc[nH]c2=O)c(C)c1. The minimum absolute atomic E-state index is 0.0873. The first-order chi connectivity index (χ1) is 18.9. The third-order valence-corrected chi connectivity index (χ3v) is 7.27. The molecule has 0 fully saturated rings. The van der Waals surface area contributed by atoms with Gasteiger partial charge in [-0.05, 0) is 74.2 Å². The molecule has 0 saturated carbocycles. The second kappa shape index (κ2) is 11.7. The number of nitrogens with zero attached hydrogens (tertiary/aromatic N) is 1. The number of ether oxygens (including phenoxy) is 2. The summed E-state index contributed by atoms with van der Waals surface area (Å²) in [6.07, 6.45) is 1.30. The molecule has 4 aromatic rings. The highest BCUT2D eigenvalue weighted by Crippen LogP contribution is 2.33. The van der Waals surface area contributed by atoms with Crippen molar-refractivity contribution in [2.45, 2.75) is 39.5 Å². The number of pyridine rings is 2. The Bertz CT molecular complexity index is 1700. The number of amides is 1. The van der Waals surface area contributed by atoms with E-state index in [0.717, 1.165) is 28.3 Å². The summed E-state index contributed by atoms with van der Waals surface area (Å²) in [4.78, 5) is 31.7. The monoisotopic (exact) mass is 561 g/mol. The fourth-order valence-electron chi connectivity index (χ4n) is 4.13. The van der Waals surface area contributed by atoms with Gasteiger partial charge in [-0.15, -0.1) is 0 Å². The molecular formula is C30H31N3O6S. The number of H-pyrrole nitrogens is 1. The molecule has 0 radical (unpaired) electrons. The Kier molecular flexibility index (Phi) is 8.39. The van der Waals surface area contributed by atoms with E-state index in [4.69, 9.17) is 9.47 Å². The van der Waals surface area contributed by atoms with E-state index in [-0.39, 0.29) is 11.4 Å². The maximum atomic E-state index is 13.3. The summed E-state index contributed by atoms with van der Waals surface area (Å²) in [5.74, 6) is 0.440. The molecule has 2 heterocycles. The Balaban J connectivity index is 1.77. The van der Waals surface area contributed by atoms with Crippen molar-refractivity contribution in [2.24, 2.45) is 5.92 Å². The lowest BCUT2D eigenvalue weighted by atomic mass is 10.1. The zero-order chi connectivity index (χ0) is 29.0. The van der Waals surface area contributed by atoms with E-state index >= 15 is 0 Å². The molecule has 0 aliphatic heterocycles. The normalized spacial score (nSPS) is 11.3. The highest BCUT2D eigenvalue weighted by Gasteiger charge is 2.25. The maximum absolute atomic E-state index is 13.3. The van der Waals surface area contributed by atoms with Crippen molar-refractivity contribution in [3.8, 4) is 28.6 Å². The van der Waals surface area contributed by atoms with Crippen LogP contribution in [0.5, 0.6) is 17.4 Å². The van der Waals surface area contributed by atoms with Crippen molar-refractivity contribution in [1.82, 2.24) is 14.7 Å². The van der Waals surface area contributed by atoms with Gasteiger partial charge in [-0.25, -0.2) is 18.1 Å². The second-order valence-corrected chi connectivity index (χ2v) is 11.6. The van der Waals surface area contributed by atoms with E-state index in [1.807, 2.05) is 61.9 Å². The Morgan fingerprint density at radius 1 is 1.00 bits per heavy atom. The smallest absolute Gasteiger partial charge is 0.270 e. The summed E-state index contributed by atoms with van der Waals surface area (Å²) in [6, 6.07) is 16.8. The van der Waals surface area contributed by atoms with Crippen molar-refractivity contribution < 1.29 is 22.7 Å². The number of aromatic amines is 1. The van der Waals surface area contributed by atoms with Crippen molar-refractivity contribution in [3.63, 3.8) is 0 Å². The molecule has 0 saturated heterocycles. The molecule has 4 rings (SSSR count). The number of carbonyl (C=O) groups excluding carboxylic acids is 1. The van der Waals surface area contributed by atoms with Crippen LogP contribution in [0.25, 0.3) is 11.3 Å². The minimum Gasteiger partial charge on any atom is -0.493 e. The lowest BCUT2D eigenvalue weighted by Gasteiger charge is -2.16. The molecule has 0 unspecified atom stereocenters. The van der Waals surface area contributed by atoms with Crippen LogP contribution in [-0.2, 0) is 10.0 Å². The first-order valence-corrected chi connectivity index (χ1v) is 14.2. The minimum atomic E-state index is -4.47. The van der Waals surface area contributed by atoms with Crippen LogP contribution >= 0.6 is 0 Å². The molecule has 208 valence electrons. The molecule has 1 amide bonds. The molecule has 0 aliphatic carbocycles. The standard InChI is InChI=1S/C30H31N3O6S/c1-18(2)17-38-23-9-6-8-22(16-23)25-12-11-24(28(34)33-40(36,37)26-10-7-13-31-29(26)35)30(32-25)39-27-20(4)14-19(3)15-21(27)5/h6-16,18H,17H2,1-5H3,(H,31,35)(H,33,34). The molecular weight excluding hydrogens is 530 g/mol. The van der Waals surface area contributed by atoms with Crippen LogP contribution in [0.1, 0.15) is 40.9 Å². The number of carbonyl (C=O) groups is 1. The Morgan fingerprint density at radius 3 is 2.40 bits per heavy atom. The van der Waals surface area contributed by atoms with Crippen molar-refractivity contribution in [3.05, 3.63) is 99.5 Å². The zero-order valence-electron chi connectivity index (χ0n) is 22.9. The molecule has 2 N–H and O–H groups in total. The summed E-state index contributed by atoms with van der Waals surface area (Å²) < 4.78 is 39.7. The van der Waals surface area contributed by atoms with E-state index in [0.29, 0.717) is 29.7 Å². The van der Waals surface area contributed by atoms with Gasteiger partial charge in [-0.3, -0.25) is 9.59 Å². The van der Waals surface area contributed by atoms with Gasteiger partial charge in [-0.2, -0.15) is 0 Å². The van der Waals surface area contributed by atoms with Crippen LogP contribution in [0.2, 0.25) is 0 Å². The van der Waals surface area contributed by atoms with Crippen molar-refractivity contribution in [2.75, 3.05) is 6.61 Å². The van der Waals surface area contributed by atoms with E-state index in [2.05, 4.69) is 23.8 Å². The number of hydrogen-bond acceptors (Lipinski definition) is 7.